The lowest BCUT2D eigenvalue weighted by atomic mass is 10.9. The van der Waals surface area contributed by atoms with Gasteiger partial charge in [-0.15, -0.1) is 0 Å². The van der Waals surface area contributed by atoms with Crippen molar-refractivity contribution in [1.29, 1.82) is 0 Å². The summed E-state index contributed by atoms with van der Waals surface area (Å²) in [5, 5.41) is 1.26. The Kier molecular flexibility index (Phi) is 3.61. The van der Waals surface area contributed by atoms with Crippen molar-refractivity contribution in [1.82, 2.24) is 9.36 Å². The van der Waals surface area contributed by atoms with Gasteiger partial charge in [-0.2, -0.15) is 9.36 Å². The number of anilines is 1. The third-order valence-electron chi connectivity index (χ3n) is 0.942. The summed E-state index contributed by atoms with van der Waals surface area (Å²) in [5.41, 5.74) is 5.38. The molecule has 2 N–H and O–H groups in total. The number of aromatic nitrogens is 2. The lowest BCUT2D eigenvalue weighted by Gasteiger charge is -1.93. The van der Waals surface area contributed by atoms with Gasteiger partial charge in [-0.05, 0) is 0 Å². The van der Waals surface area contributed by atoms with Gasteiger partial charge in [-0.25, -0.2) is 0 Å². The maximum atomic E-state index is 5.38. The third kappa shape index (κ3) is 3.04. The fraction of sp³-hybridized carbons (Fsp3) is 0.600. The summed E-state index contributed by atoms with van der Waals surface area (Å²) >= 11 is 2.77. The summed E-state index contributed by atoms with van der Waals surface area (Å²) in [6.45, 7) is 0.712. The number of rotatable bonds is 4. The maximum absolute atomic E-state index is 5.38. The van der Waals surface area contributed by atoms with Gasteiger partial charge in [0.25, 0.3) is 0 Å². The first kappa shape index (κ1) is 8.76. The van der Waals surface area contributed by atoms with Crippen LogP contribution in [0.2, 0.25) is 0 Å². The molecule has 0 spiro atoms. The van der Waals surface area contributed by atoms with Crippen LogP contribution in [-0.2, 0) is 4.74 Å². The lowest BCUT2D eigenvalue weighted by Crippen LogP contribution is -1.91. The molecule has 6 heteroatoms. The number of nitrogens with two attached hydrogens (primary N) is 1. The van der Waals surface area contributed by atoms with E-state index >= 15 is 0 Å². The van der Waals surface area contributed by atoms with E-state index in [1.807, 2.05) is 0 Å². The maximum Gasteiger partial charge on any atom is 0.202 e. The van der Waals surface area contributed by atoms with Gasteiger partial charge in [0.2, 0.25) is 10.3 Å². The third-order valence-corrected chi connectivity index (χ3v) is 2.41. The highest BCUT2D eigenvalue weighted by molar-refractivity contribution is 7.99. The van der Waals surface area contributed by atoms with Crippen molar-refractivity contribution in [3.63, 3.8) is 0 Å². The van der Waals surface area contributed by atoms with E-state index in [4.69, 9.17) is 10.5 Å². The van der Waals surface area contributed by atoms with Crippen LogP contribution in [0.5, 0.6) is 0 Å². The molecule has 11 heavy (non-hydrogen) atoms. The molecule has 0 bridgehead atoms. The predicted octanol–water partition coefficient (Wildman–Crippen LogP) is 0.859. The average Bonchev–Trinajstić information content (AvgIpc) is 2.37. The van der Waals surface area contributed by atoms with Crippen LogP contribution in [0, 0.1) is 0 Å². The number of nitrogen functional groups attached to an aromatic ring is 1. The molecule has 62 valence electrons. The quantitative estimate of drug-likeness (QED) is 0.565. The number of methoxy groups -OCH3 is 1. The summed E-state index contributed by atoms with van der Waals surface area (Å²) < 4.78 is 8.87. The molecule has 1 aromatic rings. The van der Waals surface area contributed by atoms with Crippen molar-refractivity contribution in [2.45, 2.75) is 5.16 Å². The van der Waals surface area contributed by atoms with Crippen LogP contribution in [0.3, 0.4) is 0 Å². The smallest absolute Gasteiger partial charge is 0.202 e. The van der Waals surface area contributed by atoms with Crippen molar-refractivity contribution in [3.8, 4) is 0 Å². The Hall–Kier alpha value is -0.330. The molecule has 0 atom stereocenters. The Morgan fingerprint density at radius 3 is 3.09 bits per heavy atom. The molecule has 0 radical (unpaired) electrons. The second kappa shape index (κ2) is 4.53. The van der Waals surface area contributed by atoms with E-state index in [1.165, 1.54) is 11.5 Å². The molecular weight excluding hydrogens is 182 g/mol. The topological polar surface area (TPSA) is 61.0 Å². The van der Waals surface area contributed by atoms with Gasteiger partial charge in [-0.1, -0.05) is 11.8 Å². The van der Waals surface area contributed by atoms with Crippen molar-refractivity contribution in [2.24, 2.45) is 0 Å². The molecule has 0 unspecified atom stereocenters. The number of hydrogen-bond donors (Lipinski definition) is 1. The molecule has 1 aromatic heterocycles. The molecule has 4 nitrogen and oxygen atoms in total. The van der Waals surface area contributed by atoms with Crippen molar-refractivity contribution in [3.05, 3.63) is 0 Å². The zero-order valence-corrected chi connectivity index (χ0v) is 7.74. The Balaban J connectivity index is 2.27. The molecule has 0 aromatic carbocycles. The molecule has 0 saturated heterocycles. The van der Waals surface area contributed by atoms with E-state index in [9.17, 15) is 0 Å². The molecule has 0 saturated carbocycles. The van der Waals surface area contributed by atoms with Gasteiger partial charge >= 0.3 is 0 Å². The summed E-state index contributed by atoms with van der Waals surface area (Å²) in [4.78, 5) is 3.98. The van der Waals surface area contributed by atoms with Gasteiger partial charge < -0.3 is 10.5 Å². The summed E-state index contributed by atoms with van der Waals surface area (Å²) in [5.74, 6) is 0.868. The molecule has 0 aliphatic rings. The van der Waals surface area contributed by atoms with Crippen LogP contribution in [0.4, 0.5) is 5.13 Å². The minimum atomic E-state index is 0.518. The summed E-state index contributed by atoms with van der Waals surface area (Å²) in [6.07, 6.45) is 0. The summed E-state index contributed by atoms with van der Waals surface area (Å²) in [7, 11) is 1.67. The molecule has 0 fully saturated rings. The standard InChI is InChI=1S/C5H9N3OS2/c1-9-2-3-10-5-7-4(6)11-8-5/h2-3H2,1H3,(H2,6,7,8). The number of thioether (sulfide) groups is 1. The number of hydrogen-bond acceptors (Lipinski definition) is 6. The van der Waals surface area contributed by atoms with Crippen LogP contribution >= 0.6 is 23.3 Å². The zero-order valence-electron chi connectivity index (χ0n) is 6.11. The minimum Gasteiger partial charge on any atom is -0.384 e. The van der Waals surface area contributed by atoms with Crippen molar-refractivity contribution in [2.75, 3.05) is 25.2 Å². The van der Waals surface area contributed by atoms with E-state index in [1.54, 1.807) is 18.9 Å². The first-order valence-corrected chi connectivity index (χ1v) is 4.79. The molecule has 1 heterocycles. The molecular formula is C5H9N3OS2. The minimum absolute atomic E-state index is 0.518. The Morgan fingerprint density at radius 1 is 1.73 bits per heavy atom. The van der Waals surface area contributed by atoms with E-state index in [0.717, 1.165) is 10.9 Å². The Morgan fingerprint density at radius 2 is 2.55 bits per heavy atom. The van der Waals surface area contributed by atoms with Crippen molar-refractivity contribution < 1.29 is 4.74 Å². The van der Waals surface area contributed by atoms with Crippen LogP contribution in [-0.4, -0.2) is 28.8 Å². The van der Waals surface area contributed by atoms with Crippen LogP contribution in [0.25, 0.3) is 0 Å². The normalized spacial score (nSPS) is 10.3. The van der Waals surface area contributed by atoms with Crippen molar-refractivity contribution >= 4 is 28.4 Å². The molecule has 0 aliphatic heterocycles. The predicted molar refractivity (Wildman–Crippen MR) is 46.9 cm³/mol. The second-order valence-corrected chi connectivity index (χ2v) is 3.60. The monoisotopic (exact) mass is 191 g/mol. The second-order valence-electron chi connectivity index (χ2n) is 1.76. The van der Waals surface area contributed by atoms with Gasteiger partial charge in [0.15, 0.2) is 0 Å². The first-order valence-electron chi connectivity index (χ1n) is 3.04. The first-order chi connectivity index (χ1) is 5.33. The van der Waals surface area contributed by atoms with Crippen LogP contribution < -0.4 is 5.73 Å². The Bertz CT molecular complexity index is 215. The molecule has 0 amide bonds. The van der Waals surface area contributed by atoms with E-state index < -0.39 is 0 Å². The van der Waals surface area contributed by atoms with E-state index in [2.05, 4.69) is 9.36 Å². The highest BCUT2D eigenvalue weighted by Gasteiger charge is 1.99. The fourth-order valence-corrected chi connectivity index (χ4v) is 1.81. The SMILES string of the molecule is COCCSc1nsc(N)n1. The van der Waals surface area contributed by atoms with Gasteiger partial charge in [-0.3, -0.25) is 0 Å². The summed E-state index contributed by atoms with van der Waals surface area (Å²) in [6, 6.07) is 0. The fourth-order valence-electron chi connectivity index (χ4n) is 0.496. The number of ether oxygens (including phenoxy) is 1. The van der Waals surface area contributed by atoms with Gasteiger partial charge in [0.05, 0.1) is 6.61 Å². The number of nitrogens with zero attached hydrogens (tertiary/aromatic N) is 2. The van der Waals surface area contributed by atoms with Crippen LogP contribution in [0.1, 0.15) is 0 Å². The zero-order chi connectivity index (χ0) is 8.10. The van der Waals surface area contributed by atoms with E-state index in [-0.39, 0.29) is 0 Å². The molecule has 0 aliphatic carbocycles. The largest absolute Gasteiger partial charge is 0.384 e. The van der Waals surface area contributed by atoms with E-state index in [0.29, 0.717) is 11.7 Å². The average molecular weight is 191 g/mol. The highest BCUT2D eigenvalue weighted by atomic mass is 32.2. The van der Waals surface area contributed by atoms with Crippen LogP contribution in [0.15, 0.2) is 5.16 Å². The highest BCUT2D eigenvalue weighted by Crippen LogP contribution is 2.16. The van der Waals surface area contributed by atoms with Gasteiger partial charge in [0, 0.05) is 24.4 Å². The Labute approximate surface area is 73.3 Å². The van der Waals surface area contributed by atoms with Gasteiger partial charge in [0.1, 0.15) is 0 Å². The lowest BCUT2D eigenvalue weighted by molar-refractivity contribution is 0.218. The molecule has 1 rings (SSSR count).